The van der Waals surface area contributed by atoms with Crippen molar-refractivity contribution in [2.45, 2.75) is 26.3 Å². The molecule has 1 radical (unpaired) electrons. The Bertz CT molecular complexity index is 38.7. The molecule has 0 rings (SSSR count). The number of rotatable bonds is 0. The van der Waals surface area contributed by atoms with Gasteiger partial charge in [-0.1, -0.05) is 20.8 Å². The van der Waals surface area contributed by atoms with Gasteiger partial charge in [0, 0.05) is 0 Å². The van der Waals surface area contributed by atoms with E-state index in [0.29, 0.717) is 0 Å². The minimum atomic E-state index is 0. The Kier molecular flexibility index (Phi) is 21.8. The van der Waals surface area contributed by atoms with E-state index in [-0.39, 0.29) is 42.1 Å². The summed E-state index contributed by atoms with van der Waals surface area (Å²) in [5.74, 6) is 0. The normalized spacial score (nSPS) is 8.00. The zero-order chi connectivity index (χ0) is 5.21. The molecule has 0 aromatic rings. The van der Waals surface area contributed by atoms with E-state index >= 15 is 0 Å². The molecule has 0 aromatic heterocycles. The van der Waals surface area contributed by atoms with E-state index in [1.165, 1.54) is 0 Å². The molecule has 0 aliphatic carbocycles. The molecule has 0 spiro atoms. The molecule has 0 bridgehead atoms. The van der Waals surface area contributed by atoms with Gasteiger partial charge in [-0.25, -0.2) is 0 Å². The fourth-order valence-electron chi connectivity index (χ4n) is 0. The second-order valence-corrected chi connectivity index (χ2v) is 2.39. The minimum Gasteiger partial charge on any atom is -0.660 e. The van der Waals surface area contributed by atoms with Crippen molar-refractivity contribution in [2.75, 3.05) is 7.05 Å². The van der Waals surface area contributed by atoms with Gasteiger partial charge in [0.25, 0.3) is 0 Å². The smallest absolute Gasteiger partial charge is 0.660 e. The van der Waals surface area contributed by atoms with Gasteiger partial charge in [-0.2, -0.15) is 7.05 Å². The Morgan fingerprint density at radius 1 is 1.00 bits per heavy atom. The van der Waals surface area contributed by atoms with Crippen LogP contribution in [-0.2, 0) is 21.7 Å². The van der Waals surface area contributed by atoms with Crippen molar-refractivity contribution in [1.29, 1.82) is 0 Å². The van der Waals surface area contributed by atoms with Crippen LogP contribution in [0.4, 0.5) is 0 Å². The summed E-state index contributed by atoms with van der Waals surface area (Å²) in [6.07, 6.45) is 0. The summed E-state index contributed by atoms with van der Waals surface area (Å²) in [5.41, 5.74) is 0.167. The van der Waals surface area contributed by atoms with Gasteiger partial charge in [-0.15, -0.1) is 5.54 Å². The molecule has 1 nitrogen and oxygen atoms in total. The maximum Gasteiger partial charge on any atom is 3.00 e. The average Bonchev–Trinajstić information content (AvgIpc) is 1.35. The van der Waals surface area contributed by atoms with Crippen molar-refractivity contribution in [3.63, 3.8) is 0 Å². The van der Waals surface area contributed by atoms with E-state index in [1.807, 2.05) is 7.05 Å². The van der Waals surface area contributed by atoms with Gasteiger partial charge >= 0.3 is 21.7 Å². The maximum absolute atomic E-state index is 4.02. The van der Waals surface area contributed by atoms with Crippen LogP contribution in [-0.4, -0.2) is 12.6 Å². The van der Waals surface area contributed by atoms with Crippen LogP contribution in [0, 0.1) is 14.9 Å². The van der Waals surface area contributed by atoms with Crippen molar-refractivity contribution >= 4 is 0 Å². The van der Waals surface area contributed by atoms with E-state index in [2.05, 4.69) is 26.1 Å². The molecular weight excluding hydrogens is 146 g/mol. The predicted molar refractivity (Wildman–Crippen MR) is 41.9 cm³/mol. The topological polar surface area (TPSA) is 14.1 Å². The molecule has 2 heteroatoms. The van der Waals surface area contributed by atoms with Gasteiger partial charge in [0.1, 0.15) is 0 Å². The number of hydrogen-bond acceptors (Lipinski definition) is 0. The first-order valence-electron chi connectivity index (χ1n) is 2.17. The second-order valence-electron chi connectivity index (χ2n) is 2.39. The van der Waals surface area contributed by atoms with E-state index in [9.17, 15) is 0 Å². The Balaban J connectivity index is -0.0000000417. The van der Waals surface area contributed by atoms with Crippen molar-refractivity contribution in [2.24, 2.45) is 0 Å². The van der Waals surface area contributed by atoms with Gasteiger partial charge in [0.15, 0.2) is 0 Å². The van der Waals surface area contributed by atoms with E-state index in [0.717, 1.165) is 0 Å². The molecule has 0 unspecified atom stereocenters. The Morgan fingerprint density at radius 2 is 1.11 bits per heavy atom. The molecule has 0 aliphatic rings. The predicted octanol–water partition coefficient (Wildman–Crippen LogP) is 2.69. The van der Waals surface area contributed by atoms with Gasteiger partial charge < -0.3 is 20.2 Å². The summed E-state index contributed by atoms with van der Waals surface area (Å²) in [4.78, 5) is 0. The molecule has 55 valence electrons. The summed E-state index contributed by atoms with van der Waals surface area (Å²) >= 11 is 0. The monoisotopic (exact) mass is 164 g/mol. The van der Waals surface area contributed by atoms with Gasteiger partial charge in [0.2, 0.25) is 0 Å². The molecule has 0 heterocycles. The van der Waals surface area contributed by atoms with Crippen LogP contribution in [0.15, 0.2) is 0 Å². The van der Waals surface area contributed by atoms with Crippen LogP contribution in [0.1, 0.15) is 20.8 Å². The van der Waals surface area contributed by atoms with Crippen molar-refractivity contribution in [3.8, 4) is 0 Å². The zero-order valence-electron chi connectivity index (χ0n) is 7.45. The van der Waals surface area contributed by atoms with Crippen LogP contribution in [0.2, 0.25) is 0 Å². The maximum atomic E-state index is 4.02. The van der Waals surface area contributed by atoms with Gasteiger partial charge in [-0.05, 0) is 0 Å². The van der Waals surface area contributed by atoms with Crippen molar-refractivity contribution in [1.82, 2.24) is 0 Å². The molecule has 0 N–H and O–H groups in total. The molecule has 0 aromatic carbocycles. The number of nitrogens with zero attached hydrogens (tertiary/aromatic N) is 1. The first-order valence-corrected chi connectivity index (χ1v) is 2.17. The molecule has 0 saturated carbocycles. The summed E-state index contributed by atoms with van der Waals surface area (Å²) < 4.78 is 0. The summed E-state index contributed by atoms with van der Waals surface area (Å²) in [5, 5.41) is 4.02. The van der Waals surface area contributed by atoms with Crippen LogP contribution >= 0.6 is 0 Å². The molecule has 0 fully saturated rings. The standard InChI is InChI=1S/C5H12N.2CH3.Ti/c1-5(2,3)6-4;;;/h1-4H3;2*1H3;/q3*-1;+3. The van der Waals surface area contributed by atoms with Crippen molar-refractivity contribution < 1.29 is 21.7 Å². The largest absolute Gasteiger partial charge is 3.00 e. The molecule has 9 heavy (non-hydrogen) atoms. The third-order valence-corrected chi connectivity index (χ3v) is 0.671. The van der Waals surface area contributed by atoms with Gasteiger partial charge in [-0.3, -0.25) is 0 Å². The summed E-state index contributed by atoms with van der Waals surface area (Å²) in [7, 11) is 1.83. The molecule has 0 amide bonds. The molecule has 0 atom stereocenters. The van der Waals surface area contributed by atoms with E-state index < -0.39 is 0 Å². The quantitative estimate of drug-likeness (QED) is 0.386. The first kappa shape index (κ1) is 22.6. The van der Waals surface area contributed by atoms with E-state index in [1.54, 1.807) is 0 Å². The number of hydrogen-bond donors (Lipinski definition) is 0. The summed E-state index contributed by atoms with van der Waals surface area (Å²) in [6.45, 7) is 6.23. The summed E-state index contributed by atoms with van der Waals surface area (Å²) in [6, 6.07) is 0. The third-order valence-electron chi connectivity index (χ3n) is 0.671. The third kappa shape index (κ3) is 28.6. The van der Waals surface area contributed by atoms with Gasteiger partial charge in [0.05, 0.1) is 0 Å². The Hall–Kier alpha value is 0.674. The van der Waals surface area contributed by atoms with E-state index in [4.69, 9.17) is 0 Å². The molecule has 0 saturated heterocycles. The Labute approximate surface area is 75.5 Å². The molecular formula is C7H18NTi. The fraction of sp³-hybridized carbons (Fsp3) is 0.714. The van der Waals surface area contributed by atoms with Crippen molar-refractivity contribution in [3.05, 3.63) is 20.2 Å². The van der Waals surface area contributed by atoms with Crippen LogP contribution in [0.5, 0.6) is 0 Å². The molecule has 0 aliphatic heterocycles. The van der Waals surface area contributed by atoms with Crippen LogP contribution in [0.3, 0.4) is 0 Å². The van der Waals surface area contributed by atoms with Crippen LogP contribution in [0.25, 0.3) is 5.32 Å². The second kappa shape index (κ2) is 8.67. The average molecular weight is 164 g/mol. The Morgan fingerprint density at radius 3 is 1.11 bits per heavy atom. The van der Waals surface area contributed by atoms with Crippen LogP contribution < -0.4 is 0 Å². The zero-order valence-corrected chi connectivity index (χ0v) is 9.01. The minimum absolute atomic E-state index is 0. The first-order chi connectivity index (χ1) is 2.56. The SMILES string of the molecule is C[N-]C(C)(C)C.[CH3-].[CH3-].[Ti+3]. The fourth-order valence-corrected chi connectivity index (χ4v) is 0.